The number of allylic oxidation sites excluding steroid dienone is 3. The van der Waals surface area contributed by atoms with Crippen molar-refractivity contribution in [2.75, 3.05) is 0 Å². The predicted molar refractivity (Wildman–Crippen MR) is 29.7 cm³/mol. The summed E-state index contributed by atoms with van der Waals surface area (Å²) in [5.41, 5.74) is 0.609. The summed E-state index contributed by atoms with van der Waals surface area (Å²) in [7, 11) is 5.12. The number of rotatable bonds is 1. The summed E-state index contributed by atoms with van der Waals surface area (Å²) in [5, 5.41) is 0. The highest BCUT2D eigenvalue weighted by atomic mass is 13.6. The Bertz CT molecular complexity index is 72.0. The van der Waals surface area contributed by atoms with Crippen LogP contribution in [0.3, 0.4) is 0 Å². The van der Waals surface area contributed by atoms with Crippen molar-refractivity contribution in [3.05, 3.63) is 24.2 Å². The monoisotopic (exact) mass is 78.1 g/mol. The second-order valence-electron chi connectivity index (χ2n) is 1.07. The molecular formula is C5H7B. The van der Waals surface area contributed by atoms with Crippen LogP contribution in [0.4, 0.5) is 0 Å². The lowest BCUT2D eigenvalue weighted by molar-refractivity contribution is 1.73. The molecule has 0 rings (SSSR count). The quantitative estimate of drug-likeness (QED) is 0.327. The van der Waals surface area contributed by atoms with E-state index in [-0.39, 0.29) is 0 Å². The van der Waals surface area contributed by atoms with Crippen molar-refractivity contribution in [1.29, 1.82) is 0 Å². The Hall–Kier alpha value is -0.455. The highest BCUT2D eigenvalue weighted by Gasteiger charge is 1.64. The summed E-state index contributed by atoms with van der Waals surface area (Å²) in [6.07, 6.45) is 3.60. The predicted octanol–water partition coefficient (Wildman–Crippen LogP) is 1.24. The first-order valence-electron chi connectivity index (χ1n) is 1.84. The molecule has 0 aromatic heterocycles. The molecule has 0 bridgehead atoms. The van der Waals surface area contributed by atoms with Crippen molar-refractivity contribution in [3.8, 4) is 0 Å². The summed E-state index contributed by atoms with van der Waals surface area (Å²) >= 11 is 0. The highest BCUT2D eigenvalue weighted by molar-refractivity contribution is 6.22. The fourth-order valence-electron chi connectivity index (χ4n) is 0.214. The van der Waals surface area contributed by atoms with E-state index >= 15 is 0 Å². The molecule has 0 fully saturated rings. The Kier molecular flexibility index (Phi) is 2.56. The first kappa shape index (κ1) is 5.54. The molecule has 0 nitrogen and oxygen atoms in total. The van der Waals surface area contributed by atoms with E-state index in [0.29, 0.717) is 5.47 Å². The van der Waals surface area contributed by atoms with Gasteiger partial charge in [-0.1, -0.05) is 12.2 Å². The largest absolute Gasteiger partial charge is 0.112 e. The van der Waals surface area contributed by atoms with Gasteiger partial charge in [0.1, 0.15) is 7.85 Å². The van der Waals surface area contributed by atoms with Gasteiger partial charge in [-0.25, -0.2) is 0 Å². The zero-order chi connectivity index (χ0) is 4.99. The van der Waals surface area contributed by atoms with Crippen molar-refractivity contribution >= 4 is 7.85 Å². The fraction of sp³-hybridized carbons (Fsp3) is 0.200. The maximum absolute atomic E-state index is 5.12. The summed E-state index contributed by atoms with van der Waals surface area (Å²) in [6.45, 7) is 5.34. The summed E-state index contributed by atoms with van der Waals surface area (Å²) < 4.78 is 0. The van der Waals surface area contributed by atoms with Gasteiger partial charge in [-0.2, -0.15) is 0 Å². The van der Waals surface area contributed by atoms with Gasteiger partial charge in [0, 0.05) is 0 Å². The topological polar surface area (TPSA) is 0 Å². The van der Waals surface area contributed by atoms with E-state index in [1.807, 2.05) is 13.0 Å². The van der Waals surface area contributed by atoms with E-state index in [4.69, 9.17) is 7.85 Å². The van der Waals surface area contributed by atoms with Crippen LogP contribution < -0.4 is 0 Å². The molecule has 0 N–H and O–H groups in total. The summed E-state index contributed by atoms with van der Waals surface area (Å²) in [5.74, 6) is 0. The van der Waals surface area contributed by atoms with Crippen molar-refractivity contribution in [1.82, 2.24) is 0 Å². The normalized spacial score (nSPS) is 9.50. The smallest absolute Gasteiger partial charge is 0.106 e. The first-order chi connectivity index (χ1) is 2.77. The van der Waals surface area contributed by atoms with Crippen LogP contribution in [0.25, 0.3) is 0 Å². The molecule has 1 heteroatoms. The molecule has 0 spiro atoms. The minimum atomic E-state index is 0.609. The Labute approximate surface area is 40.0 Å². The average molecular weight is 77.9 g/mol. The molecule has 0 aromatic rings. The molecule has 0 aliphatic rings. The fourth-order valence-corrected chi connectivity index (χ4v) is 0.214. The summed E-state index contributed by atoms with van der Waals surface area (Å²) in [4.78, 5) is 0. The molecule has 0 saturated heterocycles. The van der Waals surface area contributed by atoms with Gasteiger partial charge in [-0.05, 0) is 6.92 Å². The standard InChI is InChI=1S/C5H7B/c1-3-4-5(2)6/h3-4H,2H2,1H3/b4-3-. The van der Waals surface area contributed by atoms with Crippen LogP contribution in [0.2, 0.25) is 0 Å². The van der Waals surface area contributed by atoms with E-state index in [9.17, 15) is 0 Å². The van der Waals surface area contributed by atoms with Crippen molar-refractivity contribution in [3.63, 3.8) is 0 Å². The molecule has 0 heterocycles. The van der Waals surface area contributed by atoms with Crippen LogP contribution in [0, 0.1) is 0 Å². The molecule has 0 aliphatic carbocycles. The first-order valence-corrected chi connectivity index (χ1v) is 1.84. The van der Waals surface area contributed by atoms with Crippen LogP contribution in [-0.2, 0) is 0 Å². The Morgan fingerprint density at radius 1 is 1.83 bits per heavy atom. The summed E-state index contributed by atoms with van der Waals surface area (Å²) in [6, 6.07) is 0. The Morgan fingerprint density at radius 2 is 2.33 bits per heavy atom. The molecule has 6 heavy (non-hydrogen) atoms. The lowest BCUT2D eigenvalue weighted by Gasteiger charge is -1.76. The maximum Gasteiger partial charge on any atom is 0.112 e. The van der Waals surface area contributed by atoms with Crippen molar-refractivity contribution < 1.29 is 0 Å². The zero-order valence-electron chi connectivity index (χ0n) is 3.94. The molecule has 0 saturated carbocycles. The molecule has 0 aromatic carbocycles. The third-order valence-corrected chi connectivity index (χ3v) is 0.381. The van der Waals surface area contributed by atoms with E-state index < -0.39 is 0 Å². The van der Waals surface area contributed by atoms with E-state index in [0.717, 1.165) is 0 Å². The lowest BCUT2D eigenvalue weighted by Crippen LogP contribution is -1.64. The van der Waals surface area contributed by atoms with Gasteiger partial charge in [0.05, 0.1) is 0 Å². The van der Waals surface area contributed by atoms with Gasteiger partial charge in [0.25, 0.3) is 0 Å². The molecule has 0 aliphatic heterocycles. The second kappa shape index (κ2) is 2.76. The van der Waals surface area contributed by atoms with Crippen LogP contribution in [0.5, 0.6) is 0 Å². The minimum absolute atomic E-state index is 0.609. The average Bonchev–Trinajstić information content (AvgIpc) is 1.35. The lowest BCUT2D eigenvalue weighted by atomic mass is 9.98. The van der Waals surface area contributed by atoms with Gasteiger partial charge < -0.3 is 0 Å². The third-order valence-electron chi connectivity index (χ3n) is 0.381. The molecule has 0 atom stereocenters. The molecule has 30 valence electrons. The van der Waals surface area contributed by atoms with E-state index in [1.165, 1.54) is 0 Å². The van der Waals surface area contributed by atoms with E-state index in [2.05, 4.69) is 6.58 Å². The van der Waals surface area contributed by atoms with Gasteiger partial charge in [-0.15, -0.1) is 12.1 Å². The third kappa shape index (κ3) is 3.54. The number of hydrogen-bond acceptors (Lipinski definition) is 0. The molecular weight excluding hydrogens is 70.9 g/mol. The Morgan fingerprint density at radius 3 is 2.33 bits per heavy atom. The molecule has 2 radical (unpaired) electrons. The Balaban J connectivity index is 3.30. The molecule has 0 unspecified atom stereocenters. The van der Waals surface area contributed by atoms with Crippen LogP contribution in [0.15, 0.2) is 24.2 Å². The van der Waals surface area contributed by atoms with Gasteiger partial charge in [-0.3, -0.25) is 0 Å². The maximum atomic E-state index is 5.12. The molecule has 0 amide bonds. The van der Waals surface area contributed by atoms with Gasteiger partial charge >= 0.3 is 0 Å². The SMILES string of the molecule is [B]C(=C)/C=C\C. The van der Waals surface area contributed by atoms with Gasteiger partial charge in [0.15, 0.2) is 0 Å². The van der Waals surface area contributed by atoms with Crippen molar-refractivity contribution in [2.24, 2.45) is 0 Å². The highest BCUT2D eigenvalue weighted by Crippen LogP contribution is 1.79. The van der Waals surface area contributed by atoms with E-state index in [1.54, 1.807) is 6.08 Å². The van der Waals surface area contributed by atoms with Crippen LogP contribution >= 0.6 is 0 Å². The number of hydrogen-bond donors (Lipinski definition) is 0. The second-order valence-corrected chi connectivity index (χ2v) is 1.07. The minimum Gasteiger partial charge on any atom is -0.106 e. The van der Waals surface area contributed by atoms with Crippen molar-refractivity contribution in [2.45, 2.75) is 6.92 Å². The van der Waals surface area contributed by atoms with Crippen LogP contribution in [0.1, 0.15) is 6.92 Å². The van der Waals surface area contributed by atoms with Crippen LogP contribution in [-0.4, -0.2) is 7.85 Å². The zero-order valence-corrected chi connectivity index (χ0v) is 3.94. The van der Waals surface area contributed by atoms with Gasteiger partial charge in [0.2, 0.25) is 0 Å².